The molecule has 1 aromatic rings. The number of carbonyl (C=O) groups is 1. The predicted molar refractivity (Wildman–Crippen MR) is 55.2 cm³/mol. The van der Waals surface area contributed by atoms with Crippen LogP contribution in [0.15, 0.2) is 16.6 Å². The normalized spacial score (nSPS) is 9.85. The van der Waals surface area contributed by atoms with Gasteiger partial charge in [0.2, 0.25) is 0 Å². The monoisotopic (exact) mass is 262 g/mol. The van der Waals surface area contributed by atoms with Crippen LogP contribution < -0.4 is 0 Å². The summed E-state index contributed by atoms with van der Waals surface area (Å²) in [4.78, 5) is 11.2. The van der Waals surface area contributed by atoms with E-state index in [1.807, 2.05) is 6.92 Å². The standard InChI is InChI=1S/C9H8BrClO2/c1-5-6(9(12)13-2)3-4-7(11)8(5)10/h3-4H,1-2H3. The first-order chi connectivity index (χ1) is 6.07. The summed E-state index contributed by atoms with van der Waals surface area (Å²) in [6.07, 6.45) is 0. The fourth-order valence-corrected chi connectivity index (χ4v) is 1.53. The maximum absolute atomic E-state index is 11.2. The molecule has 0 aromatic heterocycles. The van der Waals surface area contributed by atoms with E-state index in [0.717, 1.165) is 10.0 Å². The van der Waals surface area contributed by atoms with Crippen molar-refractivity contribution < 1.29 is 9.53 Å². The third kappa shape index (κ3) is 2.03. The zero-order chi connectivity index (χ0) is 10.0. The third-order valence-electron chi connectivity index (χ3n) is 1.74. The molecule has 0 radical (unpaired) electrons. The molecule has 0 unspecified atom stereocenters. The van der Waals surface area contributed by atoms with Gasteiger partial charge in [-0.1, -0.05) is 11.6 Å². The minimum absolute atomic E-state index is 0.352. The quantitative estimate of drug-likeness (QED) is 0.727. The summed E-state index contributed by atoms with van der Waals surface area (Å²) in [5.74, 6) is -0.352. The molecule has 0 saturated heterocycles. The Morgan fingerprint density at radius 1 is 1.54 bits per heavy atom. The SMILES string of the molecule is COC(=O)c1ccc(Cl)c(Br)c1C. The average molecular weight is 264 g/mol. The summed E-state index contributed by atoms with van der Waals surface area (Å²) in [6, 6.07) is 3.30. The van der Waals surface area contributed by atoms with E-state index in [9.17, 15) is 4.79 Å². The molecule has 13 heavy (non-hydrogen) atoms. The number of methoxy groups -OCH3 is 1. The van der Waals surface area contributed by atoms with Gasteiger partial charge in [0, 0.05) is 4.47 Å². The molecule has 1 aromatic carbocycles. The average Bonchev–Trinajstić information content (AvgIpc) is 2.13. The van der Waals surface area contributed by atoms with E-state index in [1.54, 1.807) is 12.1 Å². The van der Waals surface area contributed by atoms with Gasteiger partial charge in [-0.15, -0.1) is 0 Å². The van der Waals surface area contributed by atoms with Crippen molar-refractivity contribution in [1.82, 2.24) is 0 Å². The zero-order valence-electron chi connectivity index (χ0n) is 7.23. The van der Waals surface area contributed by atoms with Gasteiger partial charge in [0.05, 0.1) is 17.7 Å². The molecule has 0 aliphatic carbocycles. The van der Waals surface area contributed by atoms with E-state index in [1.165, 1.54) is 7.11 Å². The van der Waals surface area contributed by atoms with E-state index >= 15 is 0 Å². The lowest BCUT2D eigenvalue weighted by atomic mass is 10.1. The molecular weight excluding hydrogens is 255 g/mol. The molecule has 0 saturated carbocycles. The minimum atomic E-state index is -0.352. The van der Waals surface area contributed by atoms with E-state index in [2.05, 4.69) is 20.7 Å². The highest BCUT2D eigenvalue weighted by Gasteiger charge is 2.12. The van der Waals surface area contributed by atoms with E-state index in [-0.39, 0.29) is 5.97 Å². The number of carbonyl (C=O) groups excluding carboxylic acids is 1. The van der Waals surface area contributed by atoms with Gasteiger partial charge in [0.25, 0.3) is 0 Å². The van der Waals surface area contributed by atoms with Gasteiger partial charge in [0.15, 0.2) is 0 Å². The molecule has 0 bridgehead atoms. The number of ether oxygens (including phenoxy) is 1. The molecule has 4 heteroatoms. The van der Waals surface area contributed by atoms with Crippen molar-refractivity contribution in [3.63, 3.8) is 0 Å². The maximum Gasteiger partial charge on any atom is 0.338 e. The van der Waals surface area contributed by atoms with Crippen LogP contribution >= 0.6 is 27.5 Å². The van der Waals surface area contributed by atoms with Gasteiger partial charge >= 0.3 is 5.97 Å². The number of rotatable bonds is 1. The van der Waals surface area contributed by atoms with Crippen LogP contribution in [-0.4, -0.2) is 13.1 Å². The summed E-state index contributed by atoms with van der Waals surface area (Å²) < 4.78 is 5.34. The molecule has 0 amide bonds. The smallest absolute Gasteiger partial charge is 0.338 e. The Balaban J connectivity index is 3.26. The lowest BCUT2D eigenvalue weighted by Gasteiger charge is -2.06. The summed E-state index contributed by atoms with van der Waals surface area (Å²) in [7, 11) is 1.35. The number of halogens is 2. The highest BCUT2D eigenvalue weighted by Crippen LogP contribution is 2.28. The Morgan fingerprint density at radius 2 is 2.15 bits per heavy atom. The number of hydrogen-bond donors (Lipinski definition) is 0. The second-order valence-corrected chi connectivity index (χ2v) is 3.73. The number of esters is 1. The molecule has 0 atom stereocenters. The Labute approximate surface area is 90.0 Å². The van der Waals surface area contributed by atoms with Crippen LogP contribution in [0.5, 0.6) is 0 Å². The first kappa shape index (κ1) is 10.5. The molecule has 2 nitrogen and oxygen atoms in total. The fourth-order valence-electron chi connectivity index (χ4n) is 0.983. The van der Waals surface area contributed by atoms with Crippen molar-refractivity contribution in [2.45, 2.75) is 6.92 Å². The van der Waals surface area contributed by atoms with E-state index < -0.39 is 0 Å². The Hall–Kier alpha value is -0.540. The largest absolute Gasteiger partial charge is 0.465 e. The summed E-state index contributed by atoms with van der Waals surface area (Å²) >= 11 is 9.12. The molecule has 0 spiro atoms. The van der Waals surface area contributed by atoms with Gasteiger partial charge in [-0.25, -0.2) is 4.79 Å². The first-order valence-corrected chi connectivity index (χ1v) is 4.78. The van der Waals surface area contributed by atoms with Crippen LogP contribution in [0.1, 0.15) is 15.9 Å². The second kappa shape index (κ2) is 4.11. The van der Waals surface area contributed by atoms with Crippen molar-refractivity contribution >= 4 is 33.5 Å². The van der Waals surface area contributed by atoms with Gasteiger partial charge < -0.3 is 4.74 Å². The van der Waals surface area contributed by atoms with Crippen LogP contribution in [0.25, 0.3) is 0 Å². The molecule has 1 rings (SSSR count). The van der Waals surface area contributed by atoms with E-state index in [4.69, 9.17) is 11.6 Å². The zero-order valence-corrected chi connectivity index (χ0v) is 9.57. The van der Waals surface area contributed by atoms with Crippen molar-refractivity contribution in [3.05, 3.63) is 32.8 Å². The highest BCUT2D eigenvalue weighted by atomic mass is 79.9. The van der Waals surface area contributed by atoms with Crippen molar-refractivity contribution in [3.8, 4) is 0 Å². The predicted octanol–water partition coefficient (Wildman–Crippen LogP) is 3.20. The third-order valence-corrected chi connectivity index (χ3v) is 3.31. The Morgan fingerprint density at radius 3 is 2.69 bits per heavy atom. The minimum Gasteiger partial charge on any atom is -0.465 e. The Kier molecular flexibility index (Phi) is 3.33. The molecular formula is C9H8BrClO2. The molecule has 0 N–H and O–H groups in total. The summed E-state index contributed by atoms with van der Waals surface area (Å²) in [5.41, 5.74) is 1.32. The molecule has 0 fully saturated rings. The van der Waals surface area contributed by atoms with E-state index in [0.29, 0.717) is 10.6 Å². The van der Waals surface area contributed by atoms with Crippen LogP contribution in [0.3, 0.4) is 0 Å². The second-order valence-electron chi connectivity index (χ2n) is 2.53. The number of hydrogen-bond acceptors (Lipinski definition) is 2. The molecule has 0 aliphatic heterocycles. The Bertz CT molecular complexity index is 350. The molecule has 0 aliphatic rings. The van der Waals surface area contributed by atoms with Crippen LogP contribution in [0.2, 0.25) is 5.02 Å². The van der Waals surface area contributed by atoms with Gasteiger partial charge in [-0.3, -0.25) is 0 Å². The lowest BCUT2D eigenvalue weighted by Crippen LogP contribution is -2.03. The summed E-state index contributed by atoms with van der Waals surface area (Å²) in [6.45, 7) is 1.81. The van der Waals surface area contributed by atoms with Crippen LogP contribution in [-0.2, 0) is 4.74 Å². The summed E-state index contributed by atoms with van der Waals surface area (Å²) in [5, 5.41) is 0.588. The van der Waals surface area contributed by atoms with Crippen molar-refractivity contribution in [1.29, 1.82) is 0 Å². The first-order valence-electron chi connectivity index (χ1n) is 3.61. The van der Waals surface area contributed by atoms with Gasteiger partial charge in [0.1, 0.15) is 0 Å². The van der Waals surface area contributed by atoms with Gasteiger partial charge in [-0.05, 0) is 40.5 Å². The fraction of sp³-hybridized carbons (Fsp3) is 0.222. The van der Waals surface area contributed by atoms with Gasteiger partial charge in [-0.2, -0.15) is 0 Å². The highest BCUT2D eigenvalue weighted by molar-refractivity contribution is 9.10. The lowest BCUT2D eigenvalue weighted by molar-refractivity contribution is 0.0600. The van der Waals surface area contributed by atoms with Crippen LogP contribution in [0, 0.1) is 6.92 Å². The molecule has 0 heterocycles. The molecule has 70 valence electrons. The van der Waals surface area contributed by atoms with Crippen LogP contribution in [0.4, 0.5) is 0 Å². The topological polar surface area (TPSA) is 26.3 Å². The number of benzene rings is 1. The maximum atomic E-state index is 11.2. The van der Waals surface area contributed by atoms with Crippen molar-refractivity contribution in [2.24, 2.45) is 0 Å². The van der Waals surface area contributed by atoms with Crippen molar-refractivity contribution in [2.75, 3.05) is 7.11 Å².